The first-order chi connectivity index (χ1) is 9.38. The maximum atomic E-state index is 9.22. The number of para-hydroxylation sites is 1. The molecule has 0 atom stereocenters. The van der Waals surface area contributed by atoms with Gasteiger partial charge >= 0.3 is 0 Å². The SMILES string of the molecule is N#Cc1cn(-c2ccccc2)nc1-c1cccnc1. The standard InChI is InChI=1S/C15H10N4/c16-9-13-11-19(14-6-2-1-3-7-14)18-15(13)12-5-4-8-17-10-12/h1-8,10-11H. The van der Waals surface area contributed by atoms with Gasteiger partial charge < -0.3 is 0 Å². The molecule has 0 aliphatic carbocycles. The van der Waals surface area contributed by atoms with Crippen LogP contribution in [0.4, 0.5) is 0 Å². The predicted molar refractivity (Wildman–Crippen MR) is 71.5 cm³/mol. The van der Waals surface area contributed by atoms with Gasteiger partial charge in [-0.25, -0.2) is 4.68 Å². The maximum Gasteiger partial charge on any atom is 0.112 e. The molecule has 0 amide bonds. The van der Waals surface area contributed by atoms with E-state index in [1.54, 1.807) is 23.3 Å². The summed E-state index contributed by atoms with van der Waals surface area (Å²) in [6, 6.07) is 15.6. The highest BCUT2D eigenvalue weighted by Gasteiger charge is 2.11. The largest absolute Gasteiger partial charge is 0.264 e. The average Bonchev–Trinajstić information content (AvgIpc) is 2.93. The molecule has 90 valence electrons. The molecule has 3 aromatic rings. The summed E-state index contributed by atoms with van der Waals surface area (Å²) in [5.74, 6) is 0. The second-order valence-electron chi connectivity index (χ2n) is 4.03. The van der Waals surface area contributed by atoms with E-state index in [0.717, 1.165) is 11.3 Å². The van der Waals surface area contributed by atoms with Crippen LogP contribution >= 0.6 is 0 Å². The summed E-state index contributed by atoms with van der Waals surface area (Å²) in [6.07, 6.45) is 5.14. The molecule has 0 aliphatic rings. The van der Waals surface area contributed by atoms with E-state index in [9.17, 15) is 5.26 Å². The predicted octanol–water partition coefficient (Wildman–Crippen LogP) is 2.81. The van der Waals surface area contributed by atoms with E-state index in [1.165, 1.54) is 0 Å². The van der Waals surface area contributed by atoms with Crippen LogP contribution in [0.1, 0.15) is 5.56 Å². The van der Waals surface area contributed by atoms with Crippen molar-refractivity contribution in [1.82, 2.24) is 14.8 Å². The fourth-order valence-corrected chi connectivity index (χ4v) is 1.88. The molecular weight excluding hydrogens is 236 g/mol. The van der Waals surface area contributed by atoms with Gasteiger partial charge in [-0.05, 0) is 24.3 Å². The zero-order valence-electron chi connectivity index (χ0n) is 10.1. The van der Waals surface area contributed by atoms with Crippen LogP contribution in [0, 0.1) is 11.3 Å². The Bertz CT molecular complexity index is 724. The number of nitriles is 1. The molecule has 2 heterocycles. The molecule has 0 N–H and O–H groups in total. The molecule has 0 spiro atoms. The molecule has 0 saturated carbocycles. The minimum atomic E-state index is 0.539. The third kappa shape index (κ3) is 2.09. The molecule has 0 aliphatic heterocycles. The minimum absolute atomic E-state index is 0.539. The van der Waals surface area contributed by atoms with E-state index in [2.05, 4.69) is 16.2 Å². The number of benzene rings is 1. The van der Waals surface area contributed by atoms with Crippen LogP contribution in [0.5, 0.6) is 0 Å². The van der Waals surface area contributed by atoms with E-state index >= 15 is 0 Å². The van der Waals surface area contributed by atoms with Crippen molar-refractivity contribution in [3.05, 3.63) is 66.6 Å². The summed E-state index contributed by atoms with van der Waals surface area (Å²) in [7, 11) is 0. The number of aromatic nitrogens is 3. The Morgan fingerprint density at radius 2 is 1.89 bits per heavy atom. The Morgan fingerprint density at radius 1 is 1.05 bits per heavy atom. The molecule has 0 radical (unpaired) electrons. The van der Waals surface area contributed by atoms with Crippen LogP contribution in [-0.2, 0) is 0 Å². The second-order valence-corrected chi connectivity index (χ2v) is 4.03. The highest BCUT2D eigenvalue weighted by molar-refractivity contribution is 5.65. The fraction of sp³-hybridized carbons (Fsp3) is 0. The molecule has 1 aromatic carbocycles. The topological polar surface area (TPSA) is 54.5 Å². The first kappa shape index (κ1) is 11.2. The Labute approximate surface area is 110 Å². The summed E-state index contributed by atoms with van der Waals surface area (Å²) in [4.78, 5) is 4.06. The van der Waals surface area contributed by atoms with Gasteiger partial charge in [-0.2, -0.15) is 10.4 Å². The van der Waals surface area contributed by atoms with Gasteiger partial charge in [-0.1, -0.05) is 18.2 Å². The number of hydrogen-bond donors (Lipinski definition) is 0. The second kappa shape index (κ2) is 4.75. The Balaban J connectivity index is 2.13. The van der Waals surface area contributed by atoms with Crippen molar-refractivity contribution in [1.29, 1.82) is 5.26 Å². The van der Waals surface area contributed by atoms with Gasteiger partial charge in [0, 0.05) is 24.2 Å². The zero-order valence-corrected chi connectivity index (χ0v) is 10.1. The lowest BCUT2D eigenvalue weighted by Crippen LogP contribution is -1.94. The normalized spacial score (nSPS) is 10.1. The molecule has 4 heteroatoms. The lowest BCUT2D eigenvalue weighted by Gasteiger charge is -1.99. The number of pyridine rings is 1. The molecule has 0 fully saturated rings. The highest BCUT2D eigenvalue weighted by atomic mass is 15.3. The Kier molecular flexibility index (Phi) is 2.79. The number of nitrogens with zero attached hydrogens (tertiary/aromatic N) is 4. The smallest absolute Gasteiger partial charge is 0.112 e. The Hall–Kier alpha value is -2.93. The van der Waals surface area contributed by atoms with Gasteiger partial charge in [0.15, 0.2) is 0 Å². The third-order valence-corrected chi connectivity index (χ3v) is 2.79. The molecular formula is C15H10N4. The van der Waals surface area contributed by atoms with Crippen molar-refractivity contribution in [2.24, 2.45) is 0 Å². The quantitative estimate of drug-likeness (QED) is 0.698. The van der Waals surface area contributed by atoms with Crippen LogP contribution in [-0.4, -0.2) is 14.8 Å². The molecule has 0 bridgehead atoms. The van der Waals surface area contributed by atoms with E-state index in [0.29, 0.717) is 11.3 Å². The minimum Gasteiger partial charge on any atom is -0.264 e. The molecule has 0 unspecified atom stereocenters. The van der Waals surface area contributed by atoms with Gasteiger partial charge in [0.1, 0.15) is 11.8 Å². The van der Waals surface area contributed by atoms with Crippen LogP contribution in [0.15, 0.2) is 61.1 Å². The van der Waals surface area contributed by atoms with E-state index in [-0.39, 0.29) is 0 Å². The van der Waals surface area contributed by atoms with Crippen molar-refractivity contribution in [2.45, 2.75) is 0 Å². The van der Waals surface area contributed by atoms with Crippen LogP contribution in [0.3, 0.4) is 0 Å². The number of hydrogen-bond acceptors (Lipinski definition) is 3. The maximum absolute atomic E-state index is 9.22. The highest BCUT2D eigenvalue weighted by Crippen LogP contribution is 2.21. The van der Waals surface area contributed by atoms with Crippen LogP contribution in [0.2, 0.25) is 0 Å². The van der Waals surface area contributed by atoms with Crippen molar-refractivity contribution in [2.75, 3.05) is 0 Å². The lowest BCUT2D eigenvalue weighted by molar-refractivity contribution is 0.884. The van der Waals surface area contributed by atoms with Gasteiger partial charge in [-0.15, -0.1) is 0 Å². The Morgan fingerprint density at radius 3 is 2.58 bits per heavy atom. The fourth-order valence-electron chi connectivity index (χ4n) is 1.88. The first-order valence-electron chi connectivity index (χ1n) is 5.84. The molecule has 3 rings (SSSR count). The van der Waals surface area contributed by atoms with E-state index in [1.807, 2.05) is 42.5 Å². The van der Waals surface area contributed by atoms with Gasteiger partial charge in [0.05, 0.1) is 11.3 Å². The van der Waals surface area contributed by atoms with E-state index in [4.69, 9.17) is 0 Å². The van der Waals surface area contributed by atoms with Crippen molar-refractivity contribution in [3.63, 3.8) is 0 Å². The first-order valence-corrected chi connectivity index (χ1v) is 5.84. The molecule has 2 aromatic heterocycles. The van der Waals surface area contributed by atoms with Gasteiger partial charge in [0.25, 0.3) is 0 Å². The third-order valence-electron chi connectivity index (χ3n) is 2.79. The summed E-state index contributed by atoms with van der Waals surface area (Å²) in [5.41, 5.74) is 2.96. The lowest BCUT2D eigenvalue weighted by atomic mass is 10.1. The van der Waals surface area contributed by atoms with E-state index < -0.39 is 0 Å². The molecule has 0 saturated heterocycles. The van der Waals surface area contributed by atoms with Crippen LogP contribution in [0.25, 0.3) is 16.9 Å². The van der Waals surface area contributed by atoms with Gasteiger partial charge in [0.2, 0.25) is 0 Å². The summed E-state index contributed by atoms with van der Waals surface area (Å²) in [6.45, 7) is 0. The summed E-state index contributed by atoms with van der Waals surface area (Å²) < 4.78 is 1.71. The van der Waals surface area contributed by atoms with Gasteiger partial charge in [-0.3, -0.25) is 4.98 Å². The van der Waals surface area contributed by atoms with Crippen molar-refractivity contribution < 1.29 is 0 Å². The molecule has 19 heavy (non-hydrogen) atoms. The van der Waals surface area contributed by atoms with Crippen molar-refractivity contribution in [3.8, 4) is 23.0 Å². The van der Waals surface area contributed by atoms with Crippen molar-refractivity contribution >= 4 is 0 Å². The average molecular weight is 246 g/mol. The monoisotopic (exact) mass is 246 g/mol. The van der Waals surface area contributed by atoms with Crippen LogP contribution < -0.4 is 0 Å². The zero-order chi connectivity index (χ0) is 13.1. The number of rotatable bonds is 2. The summed E-state index contributed by atoms with van der Waals surface area (Å²) in [5, 5.41) is 13.7. The summed E-state index contributed by atoms with van der Waals surface area (Å²) >= 11 is 0. The molecule has 4 nitrogen and oxygen atoms in total.